The second-order valence-electron chi connectivity index (χ2n) is 6.07. The number of hydrogen-bond acceptors (Lipinski definition) is 4. The molecule has 0 radical (unpaired) electrons. The number of aromatic nitrogens is 2. The molecule has 0 spiro atoms. The van der Waals surface area contributed by atoms with E-state index >= 15 is 0 Å². The van der Waals surface area contributed by atoms with Gasteiger partial charge in [-0.15, -0.1) is 0 Å². The molecule has 0 aliphatic carbocycles. The van der Waals surface area contributed by atoms with Crippen molar-refractivity contribution >= 4 is 0 Å². The Balaban J connectivity index is 2.30. The summed E-state index contributed by atoms with van der Waals surface area (Å²) in [5, 5.41) is 9.24. The first-order chi connectivity index (χ1) is 8.92. The Labute approximate surface area is 115 Å². The van der Waals surface area contributed by atoms with Gasteiger partial charge >= 0.3 is 0 Å². The molecule has 19 heavy (non-hydrogen) atoms. The monoisotopic (exact) mass is 258 g/mol. The Kier molecular flexibility index (Phi) is 3.86. The lowest BCUT2D eigenvalue weighted by atomic mass is 9.91. The molecule has 1 saturated heterocycles. The van der Waals surface area contributed by atoms with Gasteiger partial charge in [0.1, 0.15) is 11.2 Å². The molecular formula is C15H22N4. The summed E-state index contributed by atoms with van der Waals surface area (Å²) in [6.07, 6.45) is 2.28. The summed E-state index contributed by atoms with van der Waals surface area (Å²) in [7, 11) is 2.16. The van der Waals surface area contributed by atoms with Crippen molar-refractivity contribution < 1.29 is 0 Å². The SMILES string of the molecule is Cc1cc(C2CCN(C)CC2)nc(C(C)(C)C#N)n1. The second kappa shape index (κ2) is 5.26. The Morgan fingerprint density at radius 1 is 1.32 bits per heavy atom. The molecule has 0 amide bonds. The first-order valence-electron chi connectivity index (χ1n) is 6.88. The summed E-state index contributed by atoms with van der Waals surface area (Å²) >= 11 is 0. The summed E-state index contributed by atoms with van der Waals surface area (Å²) in [5.74, 6) is 1.16. The van der Waals surface area contributed by atoms with Gasteiger partial charge in [-0.3, -0.25) is 0 Å². The highest BCUT2D eigenvalue weighted by atomic mass is 15.1. The molecule has 0 saturated carbocycles. The fourth-order valence-electron chi connectivity index (χ4n) is 2.44. The smallest absolute Gasteiger partial charge is 0.148 e. The fourth-order valence-corrected chi connectivity index (χ4v) is 2.44. The number of piperidine rings is 1. The number of hydrogen-bond donors (Lipinski definition) is 0. The van der Waals surface area contributed by atoms with Crippen LogP contribution in [0.4, 0.5) is 0 Å². The molecule has 4 heteroatoms. The molecule has 1 aromatic rings. The summed E-state index contributed by atoms with van der Waals surface area (Å²) in [6.45, 7) is 7.97. The van der Waals surface area contributed by atoms with Crippen molar-refractivity contribution in [2.45, 2.75) is 44.9 Å². The van der Waals surface area contributed by atoms with Crippen LogP contribution < -0.4 is 0 Å². The normalized spacial score (nSPS) is 18.3. The third kappa shape index (κ3) is 3.10. The third-order valence-electron chi connectivity index (χ3n) is 3.85. The number of likely N-dealkylation sites (tertiary alicyclic amines) is 1. The molecule has 1 fully saturated rings. The van der Waals surface area contributed by atoms with Gasteiger partial charge in [0, 0.05) is 17.3 Å². The van der Waals surface area contributed by atoms with Crippen LogP contribution in [0.1, 0.15) is 49.8 Å². The van der Waals surface area contributed by atoms with E-state index in [9.17, 15) is 5.26 Å². The predicted octanol–water partition coefficient (Wildman–Crippen LogP) is 2.40. The van der Waals surface area contributed by atoms with Crippen molar-refractivity contribution in [2.75, 3.05) is 20.1 Å². The van der Waals surface area contributed by atoms with Gasteiger partial charge in [-0.1, -0.05) is 0 Å². The van der Waals surface area contributed by atoms with E-state index in [1.165, 1.54) is 0 Å². The van der Waals surface area contributed by atoms with Gasteiger partial charge < -0.3 is 4.90 Å². The van der Waals surface area contributed by atoms with Crippen LogP contribution in [0.15, 0.2) is 6.07 Å². The minimum absolute atomic E-state index is 0.506. The van der Waals surface area contributed by atoms with Crippen LogP contribution in [-0.4, -0.2) is 35.0 Å². The maximum absolute atomic E-state index is 9.24. The average Bonchev–Trinajstić information content (AvgIpc) is 2.39. The lowest BCUT2D eigenvalue weighted by Crippen LogP contribution is -2.30. The highest BCUT2D eigenvalue weighted by molar-refractivity contribution is 5.23. The van der Waals surface area contributed by atoms with Crippen molar-refractivity contribution in [2.24, 2.45) is 0 Å². The molecule has 0 atom stereocenters. The zero-order valence-corrected chi connectivity index (χ0v) is 12.3. The van der Waals surface area contributed by atoms with Crippen molar-refractivity contribution in [3.63, 3.8) is 0 Å². The molecule has 0 bridgehead atoms. The van der Waals surface area contributed by atoms with E-state index in [-0.39, 0.29) is 0 Å². The van der Waals surface area contributed by atoms with Gasteiger partial charge in [-0.05, 0) is 59.8 Å². The molecule has 1 aromatic heterocycles. The maximum atomic E-state index is 9.24. The van der Waals surface area contributed by atoms with Gasteiger partial charge in [0.2, 0.25) is 0 Å². The number of nitrogens with zero attached hydrogens (tertiary/aromatic N) is 4. The molecule has 2 heterocycles. The van der Waals surface area contributed by atoms with E-state index in [1.807, 2.05) is 20.8 Å². The largest absolute Gasteiger partial charge is 0.306 e. The zero-order chi connectivity index (χ0) is 14.0. The summed E-state index contributed by atoms with van der Waals surface area (Å²) < 4.78 is 0. The average molecular weight is 258 g/mol. The van der Waals surface area contributed by atoms with E-state index < -0.39 is 5.41 Å². The standard InChI is InChI=1S/C15H22N4/c1-11-9-13(12-5-7-19(4)8-6-12)18-14(17-11)15(2,3)10-16/h9,12H,5-8H2,1-4H3. The van der Waals surface area contributed by atoms with Gasteiger partial charge in [0.25, 0.3) is 0 Å². The lowest BCUT2D eigenvalue weighted by Gasteiger charge is -2.29. The van der Waals surface area contributed by atoms with Gasteiger partial charge in [0.05, 0.1) is 6.07 Å². The summed E-state index contributed by atoms with van der Waals surface area (Å²) in [4.78, 5) is 11.5. The van der Waals surface area contributed by atoms with Crippen LogP contribution in [0, 0.1) is 18.3 Å². The van der Waals surface area contributed by atoms with Crippen LogP contribution in [0.2, 0.25) is 0 Å². The Hall–Kier alpha value is -1.47. The quantitative estimate of drug-likeness (QED) is 0.817. The van der Waals surface area contributed by atoms with E-state index in [0.29, 0.717) is 11.7 Å². The summed E-state index contributed by atoms with van der Waals surface area (Å²) in [6, 6.07) is 4.37. The fraction of sp³-hybridized carbons (Fsp3) is 0.667. The molecule has 102 valence electrons. The van der Waals surface area contributed by atoms with E-state index in [1.54, 1.807) is 0 Å². The van der Waals surface area contributed by atoms with Gasteiger partial charge in [-0.2, -0.15) is 5.26 Å². The van der Waals surface area contributed by atoms with Crippen LogP contribution in [0.3, 0.4) is 0 Å². The minimum atomic E-state index is -0.619. The molecule has 1 aliphatic rings. The molecule has 4 nitrogen and oxygen atoms in total. The zero-order valence-electron chi connectivity index (χ0n) is 12.3. The first-order valence-corrected chi connectivity index (χ1v) is 6.88. The first kappa shape index (κ1) is 14.0. The molecular weight excluding hydrogens is 236 g/mol. The highest BCUT2D eigenvalue weighted by Crippen LogP contribution is 2.28. The molecule has 0 unspecified atom stereocenters. The van der Waals surface area contributed by atoms with Crippen LogP contribution in [0.5, 0.6) is 0 Å². The van der Waals surface area contributed by atoms with E-state index in [4.69, 9.17) is 0 Å². The highest BCUT2D eigenvalue weighted by Gasteiger charge is 2.26. The van der Waals surface area contributed by atoms with E-state index in [0.717, 1.165) is 37.3 Å². The van der Waals surface area contributed by atoms with E-state index in [2.05, 4.69) is 34.1 Å². The molecule has 1 aliphatic heterocycles. The number of rotatable bonds is 2. The Bertz CT molecular complexity index is 493. The minimum Gasteiger partial charge on any atom is -0.306 e. The number of nitriles is 1. The molecule has 2 rings (SSSR count). The summed E-state index contributed by atoms with van der Waals surface area (Å²) in [5.41, 5.74) is 1.45. The van der Waals surface area contributed by atoms with Crippen molar-refractivity contribution in [1.82, 2.24) is 14.9 Å². The van der Waals surface area contributed by atoms with Crippen molar-refractivity contribution in [3.05, 3.63) is 23.3 Å². The van der Waals surface area contributed by atoms with Crippen molar-refractivity contribution in [1.29, 1.82) is 5.26 Å². The van der Waals surface area contributed by atoms with Crippen LogP contribution >= 0.6 is 0 Å². The Morgan fingerprint density at radius 2 is 1.95 bits per heavy atom. The maximum Gasteiger partial charge on any atom is 0.148 e. The van der Waals surface area contributed by atoms with Gasteiger partial charge in [0.15, 0.2) is 0 Å². The van der Waals surface area contributed by atoms with Crippen molar-refractivity contribution in [3.8, 4) is 6.07 Å². The lowest BCUT2D eigenvalue weighted by molar-refractivity contribution is 0.253. The third-order valence-corrected chi connectivity index (χ3v) is 3.85. The van der Waals surface area contributed by atoms with Crippen LogP contribution in [-0.2, 0) is 5.41 Å². The van der Waals surface area contributed by atoms with Crippen LogP contribution in [0.25, 0.3) is 0 Å². The Morgan fingerprint density at radius 3 is 2.53 bits per heavy atom. The number of aryl methyl sites for hydroxylation is 1. The predicted molar refractivity (Wildman–Crippen MR) is 74.9 cm³/mol. The second-order valence-corrected chi connectivity index (χ2v) is 6.07. The topological polar surface area (TPSA) is 52.8 Å². The molecule has 0 N–H and O–H groups in total. The van der Waals surface area contributed by atoms with Gasteiger partial charge in [-0.25, -0.2) is 9.97 Å². The molecule has 0 aromatic carbocycles.